The van der Waals surface area contributed by atoms with E-state index in [1.165, 1.54) is 12.1 Å². The zero-order valence-corrected chi connectivity index (χ0v) is 8.77. The van der Waals surface area contributed by atoms with Crippen LogP contribution in [-0.4, -0.2) is 16.6 Å². The van der Waals surface area contributed by atoms with E-state index in [0.717, 1.165) is 0 Å². The number of nitro groups is 1. The monoisotopic (exact) mass is 260 g/mol. The van der Waals surface area contributed by atoms with Crippen LogP contribution in [0.2, 0.25) is 0 Å². The summed E-state index contributed by atoms with van der Waals surface area (Å²) in [4.78, 5) is 10.1. The minimum Gasteiger partial charge on any atom is -0.394 e. The van der Waals surface area contributed by atoms with E-state index < -0.39 is 11.0 Å². The lowest BCUT2D eigenvalue weighted by Crippen LogP contribution is -2.16. The summed E-state index contributed by atoms with van der Waals surface area (Å²) in [7, 11) is 0. The van der Waals surface area contributed by atoms with Crippen molar-refractivity contribution in [2.75, 3.05) is 6.61 Å². The van der Waals surface area contributed by atoms with Gasteiger partial charge in [-0.3, -0.25) is 10.1 Å². The molecule has 0 radical (unpaired) electrons. The van der Waals surface area contributed by atoms with E-state index in [1.807, 2.05) is 0 Å². The molecule has 0 bridgehead atoms. The van der Waals surface area contributed by atoms with Crippen molar-refractivity contribution in [3.8, 4) is 0 Å². The Labute approximate surface area is 88.8 Å². The normalized spacial score (nSPS) is 12.5. The highest BCUT2D eigenvalue weighted by Gasteiger charge is 2.18. The molecule has 0 saturated heterocycles. The maximum absolute atomic E-state index is 10.6. The van der Waals surface area contributed by atoms with Gasteiger partial charge in [0.15, 0.2) is 0 Å². The third-order valence-electron chi connectivity index (χ3n) is 1.79. The average Bonchev–Trinajstić information content (AvgIpc) is 2.16. The first-order valence-corrected chi connectivity index (χ1v) is 4.66. The number of nitrogens with two attached hydrogens (primary N) is 1. The van der Waals surface area contributed by atoms with Gasteiger partial charge in [-0.25, -0.2) is 0 Å². The second-order valence-corrected chi connectivity index (χ2v) is 3.66. The highest BCUT2D eigenvalue weighted by atomic mass is 79.9. The molecule has 0 fully saturated rings. The summed E-state index contributed by atoms with van der Waals surface area (Å²) in [6, 6.07) is 3.83. The lowest BCUT2D eigenvalue weighted by atomic mass is 10.1. The van der Waals surface area contributed by atoms with Crippen LogP contribution in [0.3, 0.4) is 0 Å². The Balaban J connectivity index is 3.21. The fraction of sp³-hybridized carbons (Fsp3) is 0.250. The minimum atomic E-state index is -0.719. The first-order valence-electron chi connectivity index (χ1n) is 3.86. The largest absolute Gasteiger partial charge is 0.394 e. The Morgan fingerprint density at radius 2 is 2.29 bits per heavy atom. The van der Waals surface area contributed by atoms with Crippen LogP contribution >= 0.6 is 15.9 Å². The first kappa shape index (κ1) is 11.1. The third kappa shape index (κ3) is 2.28. The van der Waals surface area contributed by atoms with Gasteiger partial charge in [0.2, 0.25) is 0 Å². The zero-order valence-electron chi connectivity index (χ0n) is 7.18. The van der Waals surface area contributed by atoms with Gasteiger partial charge in [0.25, 0.3) is 5.69 Å². The zero-order chi connectivity index (χ0) is 10.7. The SMILES string of the molecule is N[C@H](CO)c1ccc(Br)cc1[N+](=O)[O-]. The molecule has 1 rings (SSSR count). The van der Waals surface area contributed by atoms with Crippen LogP contribution < -0.4 is 5.73 Å². The molecule has 0 amide bonds. The van der Waals surface area contributed by atoms with Crippen LogP contribution in [0.25, 0.3) is 0 Å². The maximum Gasteiger partial charge on any atom is 0.275 e. The van der Waals surface area contributed by atoms with Crippen LogP contribution in [-0.2, 0) is 0 Å². The molecule has 1 atom stereocenters. The van der Waals surface area contributed by atoms with E-state index in [0.29, 0.717) is 10.0 Å². The lowest BCUT2D eigenvalue weighted by Gasteiger charge is -2.08. The number of benzene rings is 1. The summed E-state index contributed by atoms with van der Waals surface area (Å²) < 4.78 is 0.609. The minimum absolute atomic E-state index is 0.0825. The second-order valence-electron chi connectivity index (χ2n) is 2.75. The summed E-state index contributed by atoms with van der Waals surface area (Å²) in [5.74, 6) is 0. The van der Waals surface area contributed by atoms with E-state index in [9.17, 15) is 10.1 Å². The summed E-state index contributed by atoms with van der Waals surface area (Å²) in [5, 5.41) is 19.4. The molecule has 0 spiro atoms. The van der Waals surface area contributed by atoms with Crippen molar-refractivity contribution in [1.82, 2.24) is 0 Å². The summed E-state index contributed by atoms with van der Waals surface area (Å²) >= 11 is 3.13. The molecule has 14 heavy (non-hydrogen) atoms. The second kappa shape index (κ2) is 4.50. The molecule has 0 aliphatic heterocycles. The molecule has 0 unspecified atom stereocenters. The topological polar surface area (TPSA) is 89.4 Å². The molecule has 1 aromatic rings. The molecule has 0 saturated carbocycles. The predicted octanol–water partition coefficient (Wildman–Crippen LogP) is 1.35. The Kier molecular flexibility index (Phi) is 3.56. The molecular formula is C8H9BrN2O3. The van der Waals surface area contributed by atoms with Gasteiger partial charge in [0.1, 0.15) is 0 Å². The van der Waals surface area contributed by atoms with Crippen LogP contribution in [0.5, 0.6) is 0 Å². The number of nitro benzene ring substituents is 1. The van der Waals surface area contributed by atoms with Gasteiger partial charge in [0, 0.05) is 16.1 Å². The number of hydrogen-bond acceptors (Lipinski definition) is 4. The molecule has 0 aliphatic carbocycles. The molecule has 6 heteroatoms. The molecular weight excluding hydrogens is 252 g/mol. The van der Waals surface area contributed by atoms with E-state index >= 15 is 0 Å². The smallest absolute Gasteiger partial charge is 0.275 e. The standard InChI is InChI=1S/C8H9BrN2O3/c9-5-1-2-6(7(10)4-12)8(3-5)11(13)14/h1-3,7,12H,4,10H2/t7-/m1/s1. The van der Waals surface area contributed by atoms with Gasteiger partial charge < -0.3 is 10.8 Å². The number of rotatable bonds is 3. The van der Waals surface area contributed by atoms with Gasteiger partial charge in [-0.1, -0.05) is 15.9 Å². The average molecular weight is 261 g/mol. The van der Waals surface area contributed by atoms with Crippen molar-refractivity contribution in [1.29, 1.82) is 0 Å². The van der Waals surface area contributed by atoms with Crippen molar-refractivity contribution in [3.05, 3.63) is 38.3 Å². The highest BCUT2D eigenvalue weighted by molar-refractivity contribution is 9.10. The van der Waals surface area contributed by atoms with Crippen molar-refractivity contribution in [2.45, 2.75) is 6.04 Å². The molecule has 0 heterocycles. The summed E-state index contributed by atoms with van der Waals surface area (Å²) in [6.07, 6.45) is 0. The fourth-order valence-electron chi connectivity index (χ4n) is 1.09. The van der Waals surface area contributed by atoms with Gasteiger partial charge in [0.05, 0.1) is 17.6 Å². The van der Waals surface area contributed by atoms with E-state index in [4.69, 9.17) is 10.8 Å². The van der Waals surface area contributed by atoms with E-state index in [1.54, 1.807) is 6.07 Å². The number of halogens is 1. The number of nitrogens with zero attached hydrogens (tertiary/aromatic N) is 1. The van der Waals surface area contributed by atoms with Crippen LogP contribution in [0.4, 0.5) is 5.69 Å². The van der Waals surface area contributed by atoms with Crippen molar-refractivity contribution in [2.24, 2.45) is 5.73 Å². The van der Waals surface area contributed by atoms with Crippen LogP contribution in [0, 0.1) is 10.1 Å². The van der Waals surface area contributed by atoms with Crippen molar-refractivity contribution < 1.29 is 10.0 Å². The molecule has 3 N–H and O–H groups in total. The van der Waals surface area contributed by atoms with E-state index in [-0.39, 0.29) is 12.3 Å². The first-order chi connectivity index (χ1) is 6.56. The predicted molar refractivity (Wildman–Crippen MR) is 54.8 cm³/mol. The summed E-state index contributed by atoms with van der Waals surface area (Å²) in [6.45, 7) is -0.317. The Morgan fingerprint density at radius 3 is 2.79 bits per heavy atom. The van der Waals surface area contributed by atoms with Gasteiger partial charge >= 0.3 is 0 Å². The number of aliphatic hydroxyl groups excluding tert-OH is 1. The fourth-order valence-corrected chi connectivity index (χ4v) is 1.44. The summed E-state index contributed by atoms with van der Waals surface area (Å²) in [5.41, 5.74) is 5.76. The Bertz CT molecular complexity index is 356. The van der Waals surface area contributed by atoms with E-state index in [2.05, 4.69) is 15.9 Å². The van der Waals surface area contributed by atoms with Crippen LogP contribution in [0.15, 0.2) is 22.7 Å². The number of hydrogen-bond donors (Lipinski definition) is 2. The van der Waals surface area contributed by atoms with Gasteiger partial charge in [-0.15, -0.1) is 0 Å². The molecule has 1 aromatic carbocycles. The molecule has 5 nitrogen and oxygen atoms in total. The molecule has 0 aromatic heterocycles. The van der Waals surface area contributed by atoms with Gasteiger partial charge in [-0.05, 0) is 12.1 Å². The number of aliphatic hydroxyl groups is 1. The lowest BCUT2D eigenvalue weighted by molar-refractivity contribution is -0.385. The van der Waals surface area contributed by atoms with Crippen molar-refractivity contribution >= 4 is 21.6 Å². The highest BCUT2D eigenvalue weighted by Crippen LogP contribution is 2.27. The molecule has 76 valence electrons. The van der Waals surface area contributed by atoms with Crippen LogP contribution in [0.1, 0.15) is 11.6 Å². The van der Waals surface area contributed by atoms with Crippen molar-refractivity contribution in [3.63, 3.8) is 0 Å². The Hall–Kier alpha value is -0.980. The Morgan fingerprint density at radius 1 is 1.64 bits per heavy atom. The third-order valence-corrected chi connectivity index (χ3v) is 2.28. The molecule has 0 aliphatic rings. The maximum atomic E-state index is 10.6. The van der Waals surface area contributed by atoms with Gasteiger partial charge in [-0.2, -0.15) is 0 Å². The quantitative estimate of drug-likeness (QED) is 0.634.